The average Bonchev–Trinajstić information content (AvgIpc) is 2.32. The quantitative estimate of drug-likeness (QED) is 0.583. The van der Waals surface area contributed by atoms with E-state index in [4.69, 9.17) is 21.1 Å². The summed E-state index contributed by atoms with van der Waals surface area (Å²) in [5, 5.41) is 0.589. The van der Waals surface area contributed by atoms with Crippen LogP contribution in [-0.2, 0) is 9.53 Å². The van der Waals surface area contributed by atoms with Crippen LogP contribution in [0, 0.1) is 0 Å². The first kappa shape index (κ1) is 15.1. The van der Waals surface area contributed by atoms with Gasteiger partial charge in [-0.3, -0.25) is 0 Å². The molecule has 98 valence electrons. The van der Waals surface area contributed by atoms with Crippen molar-refractivity contribution in [2.24, 2.45) is 0 Å². The van der Waals surface area contributed by atoms with Crippen molar-refractivity contribution in [1.29, 1.82) is 0 Å². The van der Waals surface area contributed by atoms with E-state index in [2.05, 4.69) is 22.5 Å². The summed E-state index contributed by atoms with van der Waals surface area (Å²) < 4.78 is 11.2. The molecule has 0 aliphatic heterocycles. The van der Waals surface area contributed by atoms with Crippen LogP contribution < -0.4 is 4.74 Å². The van der Waals surface area contributed by atoms with E-state index in [0.29, 0.717) is 28.3 Å². The minimum atomic E-state index is -0.695. The topological polar surface area (TPSA) is 35.5 Å². The third-order valence-corrected chi connectivity index (χ3v) is 2.95. The van der Waals surface area contributed by atoms with Crippen molar-refractivity contribution in [2.45, 2.75) is 19.4 Å². The molecule has 1 aromatic rings. The summed E-state index contributed by atoms with van der Waals surface area (Å²) >= 11 is 9.16. The average molecular weight is 334 g/mol. The molecule has 1 aromatic carbocycles. The number of benzene rings is 1. The number of ether oxygens (including phenoxy) is 2. The molecule has 0 heterocycles. The zero-order chi connectivity index (χ0) is 13.5. The van der Waals surface area contributed by atoms with Crippen molar-refractivity contribution in [1.82, 2.24) is 0 Å². The summed E-state index contributed by atoms with van der Waals surface area (Å²) in [5.41, 5.74) is 0. The Morgan fingerprint density at radius 2 is 2.33 bits per heavy atom. The van der Waals surface area contributed by atoms with Crippen LogP contribution in [0.4, 0.5) is 0 Å². The molecule has 0 aliphatic rings. The second-order valence-electron chi connectivity index (χ2n) is 3.46. The highest BCUT2D eigenvalue weighted by atomic mass is 79.9. The van der Waals surface area contributed by atoms with E-state index in [1.54, 1.807) is 31.2 Å². The molecule has 0 aliphatic carbocycles. The van der Waals surface area contributed by atoms with Gasteiger partial charge in [0.05, 0.1) is 11.1 Å². The fraction of sp³-hybridized carbons (Fsp3) is 0.308. The first-order valence-corrected chi connectivity index (χ1v) is 6.64. The van der Waals surface area contributed by atoms with E-state index in [1.807, 2.05) is 0 Å². The molecule has 18 heavy (non-hydrogen) atoms. The predicted molar refractivity (Wildman–Crippen MR) is 75.0 cm³/mol. The standard InChI is InChI=1S/C13H14BrClO3/c1-3-5-12(13(16)17-4-2)18-11-7-6-9(15)8-10(11)14/h3,6-8,12H,1,4-5H2,2H3. The molecule has 1 atom stereocenters. The fourth-order valence-corrected chi connectivity index (χ4v) is 2.08. The third-order valence-electron chi connectivity index (χ3n) is 2.09. The van der Waals surface area contributed by atoms with Gasteiger partial charge in [0.25, 0.3) is 0 Å². The van der Waals surface area contributed by atoms with E-state index in [9.17, 15) is 4.79 Å². The predicted octanol–water partition coefficient (Wildman–Crippen LogP) is 3.99. The normalized spacial score (nSPS) is 11.7. The maximum absolute atomic E-state index is 11.7. The van der Waals surface area contributed by atoms with Crippen LogP contribution in [0.15, 0.2) is 35.3 Å². The number of halogens is 2. The van der Waals surface area contributed by atoms with Crippen molar-refractivity contribution < 1.29 is 14.3 Å². The first-order chi connectivity index (χ1) is 8.58. The van der Waals surface area contributed by atoms with Crippen LogP contribution in [-0.4, -0.2) is 18.7 Å². The van der Waals surface area contributed by atoms with Gasteiger partial charge in [0.1, 0.15) is 5.75 Å². The summed E-state index contributed by atoms with van der Waals surface area (Å²) in [5.74, 6) is 0.138. The molecule has 0 spiro atoms. The van der Waals surface area contributed by atoms with Crippen LogP contribution in [0.3, 0.4) is 0 Å². The Morgan fingerprint density at radius 1 is 1.61 bits per heavy atom. The highest BCUT2D eigenvalue weighted by Crippen LogP contribution is 2.29. The molecular weight excluding hydrogens is 319 g/mol. The lowest BCUT2D eigenvalue weighted by Gasteiger charge is -2.17. The molecule has 0 radical (unpaired) electrons. The van der Waals surface area contributed by atoms with Gasteiger partial charge in [0.2, 0.25) is 0 Å². The van der Waals surface area contributed by atoms with Gasteiger partial charge >= 0.3 is 5.97 Å². The van der Waals surface area contributed by atoms with E-state index in [0.717, 1.165) is 0 Å². The minimum Gasteiger partial charge on any atom is -0.477 e. The monoisotopic (exact) mass is 332 g/mol. The lowest BCUT2D eigenvalue weighted by Crippen LogP contribution is -2.29. The van der Waals surface area contributed by atoms with Gasteiger partial charge in [-0.05, 0) is 41.1 Å². The van der Waals surface area contributed by atoms with Crippen molar-refractivity contribution in [3.8, 4) is 5.75 Å². The molecule has 1 unspecified atom stereocenters. The molecule has 3 nitrogen and oxygen atoms in total. The van der Waals surface area contributed by atoms with Crippen molar-refractivity contribution in [3.63, 3.8) is 0 Å². The van der Waals surface area contributed by atoms with Gasteiger partial charge in [0, 0.05) is 11.4 Å². The summed E-state index contributed by atoms with van der Waals surface area (Å²) in [6, 6.07) is 5.09. The molecule has 0 fully saturated rings. The number of esters is 1. The molecule has 5 heteroatoms. The Hall–Kier alpha value is -1.00. The van der Waals surface area contributed by atoms with E-state index in [-0.39, 0.29) is 0 Å². The molecule has 0 N–H and O–H groups in total. The lowest BCUT2D eigenvalue weighted by molar-refractivity contribution is -0.151. The van der Waals surface area contributed by atoms with Gasteiger partial charge in [0.15, 0.2) is 6.10 Å². The van der Waals surface area contributed by atoms with Crippen molar-refractivity contribution in [3.05, 3.63) is 40.3 Å². The zero-order valence-electron chi connectivity index (χ0n) is 9.99. The molecular formula is C13H14BrClO3. The summed E-state index contributed by atoms with van der Waals surface area (Å²) in [7, 11) is 0. The smallest absolute Gasteiger partial charge is 0.347 e. The summed E-state index contributed by atoms with van der Waals surface area (Å²) in [6.07, 6.45) is 1.30. The maximum atomic E-state index is 11.7. The lowest BCUT2D eigenvalue weighted by atomic mass is 10.2. The molecule has 0 saturated carbocycles. The summed E-state index contributed by atoms with van der Waals surface area (Å²) in [4.78, 5) is 11.7. The Kier molecular flexibility index (Phi) is 6.22. The van der Waals surface area contributed by atoms with Gasteiger partial charge in [-0.2, -0.15) is 0 Å². The molecule has 0 aromatic heterocycles. The molecule has 0 saturated heterocycles. The fourth-order valence-electron chi connectivity index (χ4n) is 1.30. The second-order valence-corrected chi connectivity index (χ2v) is 4.75. The Bertz CT molecular complexity index is 434. The van der Waals surface area contributed by atoms with E-state index in [1.165, 1.54) is 0 Å². The van der Waals surface area contributed by atoms with E-state index >= 15 is 0 Å². The van der Waals surface area contributed by atoms with Crippen LogP contribution in [0.25, 0.3) is 0 Å². The van der Waals surface area contributed by atoms with E-state index < -0.39 is 12.1 Å². The highest BCUT2D eigenvalue weighted by Gasteiger charge is 2.21. The summed E-state index contributed by atoms with van der Waals surface area (Å²) in [6.45, 7) is 5.67. The number of hydrogen-bond acceptors (Lipinski definition) is 3. The van der Waals surface area contributed by atoms with Crippen LogP contribution >= 0.6 is 27.5 Å². The minimum absolute atomic E-state index is 0.317. The Labute approximate surface area is 120 Å². The van der Waals surface area contributed by atoms with Gasteiger partial charge in [-0.15, -0.1) is 6.58 Å². The molecule has 0 bridgehead atoms. The maximum Gasteiger partial charge on any atom is 0.347 e. The van der Waals surface area contributed by atoms with Crippen LogP contribution in [0.5, 0.6) is 5.75 Å². The number of rotatable bonds is 6. The highest BCUT2D eigenvalue weighted by molar-refractivity contribution is 9.10. The Morgan fingerprint density at radius 3 is 2.89 bits per heavy atom. The third kappa shape index (κ3) is 4.35. The van der Waals surface area contributed by atoms with Crippen molar-refractivity contribution >= 4 is 33.5 Å². The van der Waals surface area contributed by atoms with Crippen molar-refractivity contribution in [2.75, 3.05) is 6.61 Å². The zero-order valence-corrected chi connectivity index (χ0v) is 12.3. The number of carbonyl (C=O) groups is 1. The number of carbonyl (C=O) groups excluding carboxylic acids is 1. The van der Waals surface area contributed by atoms with Gasteiger partial charge in [-0.1, -0.05) is 17.7 Å². The number of hydrogen-bond donors (Lipinski definition) is 0. The largest absolute Gasteiger partial charge is 0.477 e. The first-order valence-electron chi connectivity index (χ1n) is 5.47. The molecule has 0 amide bonds. The molecule has 1 rings (SSSR count). The SMILES string of the molecule is C=CCC(Oc1ccc(Cl)cc1Br)C(=O)OCC. The van der Waals surface area contributed by atoms with Gasteiger partial charge in [-0.25, -0.2) is 4.79 Å². The van der Waals surface area contributed by atoms with Crippen LogP contribution in [0.2, 0.25) is 5.02 Å². The van der Waals surface area contributed by atoms with Crippen LogP contribution in [0.1, 0.15) is 13.3 Å². The second kappa shape index (κ2) is 7.44. The Balaban J connectivity index is 2.82. The van der Waals surface area contributed by atoms with Gasteiger partial charge < -0.3 is 9.47 Å².